The first-order chi connectivity index (χ1) is 14.9. The van der Waals surface area contributed by atoms with Crippen molar-refractivity contribution in [3.63, 3.8) is 0 Å². The van der Waals surface area contributed by atoms with Crippen molar-refractivity contribution in [1.82, 2.24) is 10.6 Å². The van der Waals surface area contributed by atoms with Crippen LogP contribution in [0.2, 0.25) is 0 Å². The smallest absolute Gasteiger partial charge is 0.261 e. The van der Waals surface area contributed by atoms with Gasteiger partial charge in [0.05, 0.1) is 11.4 Å². The molecular weight excluding hydrogens is 426 g/mol. The van der Waals surface area contributed by atoms with Gasteiger partial charge in [-0.2, -0.15) is 0 Å². The number of hydrogen-bond acceptors (Lipinski definition) is 4. The summed E-state index contributed by atoms with van der Waals surface area (Å²) in [5.41, 5.74) is 2.01. The Balaban J connectivity index is 2.12. The van der Waals surface area contributed by atoms with Crippen LogP contribution in [-0.2, 0) is 21.2 Å². The van der Waals surface area contributed by atoms with Crippen molar-refractivity contribution in [2.75, 3.05) is 11.3 Å². The van der Waals surface area contributed by atoms with Gasteiger partial charge in [0.15, 0.2) is 0 Å². The summed E-state index contributed by atoms with van der Waals surface area (Å²) in [6.45, 7) is 9.17. The Kier molecular flexibility index (Phi) is 8.44. The minimum absolute atomic E-state index is 0.0255. The van der Waals surface area contributed by atoms with Gasteiger partial charge >= 0.3 is 0 Å². The Labute approximate surface area is 191 Å². The quantitative estimate of drug-likeness (QED) is 0.531. The van der Waals surface area contributed by atoms with Gasteiger partial charge < -0.3 is 10.6 Å². The highest BCUT2D eigenvalue weighted by molar-refractivity contribution is 7.92. The molecule has 3 N–H and O–H groups in total. The number of unbranched alkanes of at least 4 members (excludes halogenated alkanes) is 1. The topological polar surface area (TPSA) is 104 Å². The molecule has 0 saturated heterocycles. The van der Waals surface area contributed by atoms with E-state index in [1.165, 1.54) is 12.1 Å². The Morgan fingerprint density at radius 2 is 1.66 bits per heavy atom. The first-order valence-electron chi connectivity index (χ1n) is 10.7. The maximum atomic E-state index is 12.9. The molecule has 0 radical (unpaired) electrons. The van der Waals surface area contributed by atoms with Gasteiger partial charge in [-0.1, -0.05) is 31.5 Å². The number of carbonyl (C=O) groups is 2. The van der Waals surface area contributed by atoms with E-state index in [4.69, 9.17) is 0 Å². The van der Waals surface area contributed by atoms with Crippen LogP contribution in [0.3, 0.4) is 0 Å². The number of aryl methyl sites for hydroxylation is 2. The van der Waals surface area contributed by atoms with E-state index < -0.39 is 21.5 Å². The maximum Gasteiger partial charge on any atom is 0.261 e. The number of rotatable bonds is 9. The molecule has 0 fully saturated rings. The van der Waals surface area contributed by atoms with Crippen LogP contribution in [0.15, 0.2) is 47.4 Å². The summed E-state index contributed by atoms with van der Waals surface area (Å²) in [6, 6.07) is 11.6. The molecule has 0 aliphatic carbocycles. The van der Waals surface area contributed by atoms with Crippen molar-refractivity contribution < 1.29 is 18.0 Å². The Morgan fingerprint density at radius 3 is 2.25 bits per heavy atom. The summed E-state index contributed by atoms with van der Waals surface area (Å²) in [5.74, 6) is -0.833. The number of hydrogen-bond donors (Lipinski definition) is 3. The van der Waals surface area contributed by atoms with E-state index in [0.717, 1.165) is 24.8 Å². The molecule has 8 heteroatoms. The SMILES string of the molecule is CCCCc1ccc(NS(=O)(=O)c2ccc(C)c(C(=O)NCC(=O)NC(C)(C)C)c2)cc1. The number of anilines is 1. The molecule has 0 aromatic heterocycles. The maximum absolute atomic E-state index is 12.9. The lowest BCUT2D eigenvalue weighted by Gasteiger charge is -2.20. The summed E-state index contributed by atoms with van der Waals surface area (Å²) in [5, 5.41) is 5.31. The Morgan fingerprint density at radius 1 is 1.00 bits per heavy atom. The van der Waals surface area contributed by atoms with Crippen molar-refractivity contribution in [3.05, 3.63) is 59.2 Å². The predicted octanol–water partition coefficient (Wildman–Crippen LogP) is 3.78. The molecule has 0 unspecified atom stereocenters. The fourth-order valence-corrected chi connectivity index (χ4v) is 4.15. The third-order valence-electron chi connectivity index (χ3n) is 4.71. The zero-order valence-corrected chi connectivity index (χ0v) is 20.2. The van der Waals surface area contributed by atoms with Crippen molar-refractivity contribution >= 4 is 27.5 Å². The van der Waals surface area contributed by atoms with Crippen LogP contribution in [-0.4, -0.2) is 32.3 Å². The molecule has 2 aromatic rings. The second kappa shape index (κ2) is 10.6. The van der Waals surface area contributed by atoms with E-state index in [9.17, 15) is 18.0 Å². The van der Waals surface area contributed by atoms with Crippen LogP contribution in [0.4, 0.5) is 5.69 Å². The molecule has 2 aromatic carbocycles. The molecule has 2 rings (SSSR count). The molecule has 2 amide bonds. The molecule has 0 aliphatic heterocycles. The van der Waals surface area contributed by atoms with E-state index in [1.54, 1.807) is 25.1 Å². The molecular formula is C24H33N3O4S. The van der Waals surface area contributed by atoms with Crippen molar-refractivity contribution in [2.45, 2.75) is 64.3 Å². The molecule has 0 heterocycles. The van der Waals surface area contributed by atoms with E-state index in [-0.39, 0.29) is 22.9 Å². The van der Waals surface area contributed by atoms with Gasteiger partial charge in [0, 0.05) is 16.8 Å². The minimum atomic E-state index is -3.88. The van der Waals surface area contributed by atoms with Gasteiger partial charge in [-0.05, 0) is 75.9 Å². The zero-order chi connectivity index (χ0) is 23.9. The number of amides is 2. The van der Waals surface area contributed by atoms with Crippen molar-refractivity contribution in [1.29, 1.82) is 0 Å². The largest absolute Gasteiger partial charge is 0.350 e. The lowest BCUT2D eigenvalue weighted by molar-refractivity contribution is -0.121. The van der Waals surface area contributed by atoms with E-state index >= 15 is 0 Å². The molecule has 174 valence electrons. The van der Waals surface area contributed by atoms with Crippen LogP contribution in [0, 0.1) is 6.92 Å². The lowest BCUT2D eigenvalue weighted by Crippen LogP contribution is -2.45. The zero-order valence-electron chi connectivity index (χ0n) is 19.4. The van der Waals surface area contributed by atoms with E-state index in [2.05, 4.69) is 22.3 Å². The van der Waals surface area contributed by atoms with Crippen molar-refractivity contribution in [2.24, 2.45) is 0 Å². The lowest BCUT2D eigenvalue weighted by atomic mass is 10.1. The highest BCUT2D eigenvalue weighted by atomic mass is 32.2. The summed E-state index contributed by atoms with van der Waals surface area (Å²) < 4.78 is 28.3. The average Bonchev–Trinajstić information content (AvgIpc) is 2.70. The normalized spacial score (nSPS) is 11.7. The Hall–Kier alpha value is -2.87. The van der Waals surface area contributed by atoms with Gasteiger partial charge in [0.2, 0.25) is 5.91 Å². The third kappa shape index (κ3) is 7.67. The highest BCUT2D eigenvalue weighted by Crippen LogP contribution is 2.20. The number of sulfonamides is 1. The van der Waals surface area contributed by atoms with Gasteiger partial charge in [-0.25, -0.2) is 8.42 Å². The molecule has 32 heavy (non-hydrogen) atoms. The number of nitrogens with one attached hydrogen (secondary N) is 3. The number of carbonyl (C=O) groups excluding carboxylic acids is 2. The summed E-state index contributed by atoms with van der Waals surface area (Å²) in [6.07, 6.45) is 3.13. The third-order valence-corrected chi connectivity index (χ3v) is 6.09. The minimum Gasteiger partial charge on any atom is -0.350 e. The predicted molar refractivity (Wildman–Crippen MR) is 127 cm³/mol. The second-order valence-corrected chi connectivity index (χ2v) is 10.5. The van der Waals surface area contributed by atoms with E-state index in [0.29, 0.717) is 11.3 Å². The van der Waals surface area contributed by atoms with Crippen LogP contribution < -0.4 is 15.4 Å². The van der Waals surface area contributed by atoms with Crippen LogP contribution in [0.25, 0.3) is 0 Å². The monoisotopic (exact) mass is 459 g/mol. The fraction of sp³-hybridized carbons (Fsp3) is 0.417. The summed E-state index contributed by atoms with van der Waals surface area (Å²) in [4.78, 5) is 24.5. The molecule has 0 spiro atoms. The van der Waals surface area contributed by atoms with Gasteiger partial charge in [0.25, 0.3) is 15.9 Å². The first-order valence-corrected chi connectivity index (χ1v) is 12.2. The standard InChI is InChI=1S/C24H33N3O4S/c1-6-7-8-18-10-12-19(13-11-18)27-32(30,31)20-14-9-17(2)21(15-20)23(29)25-16-22(28)26-24(3,4)5/h9-15,27H,6-8,16H2,1-5H3,(H,25,29)(H,26,28). The van der Waals surface area contributed by atoms with Crippen LogP contribution in [0.1, 0.15) is 62.0 Å². The number of benzene rings is 2. The highest BCUT2D eigenvalue weighted by Gasteiger charge is 2.19. The summed E-state index contributed by atoms with van der Waals surface area (Å²) in [7, 11) is -3.88. The fourth-order valence-electron chi connectivity index (χ4n) is 3.07. The first kappa shape index (κ1) is 25.4. The van der Waals surface area contributed by atoms with E-state index in [1.807, 2.05) is 32.9 Å². The van der Waals surface area contributed by atoms with Crippen LogP contribution in [0.5, 0.6) is 0 Å². The van der Waals surface area contributed by atoms with Crippen LogP contribution >= 0.6 is 0 Å². The summed E-state index contributed by atoms with van der Waals surface area (Å²) >= 11 is 0. The molecule has 7 nitrogen and oxygen atoms in total. The molecule has 0 saturated carbocycles. The molecule has 0 bridgehead atoms. The Bertz CT molecular complexity index is 1060. The van der Waals surface area contributed by atoms with Gasteiger partial charge in [-0.3, -0.25) is 14.3 Å². The second-order valence-electron chi connectivity index (χ2n) is 8.86. The molecule has 0 aliphatic rings. The average molecular weight is 460 g/mol. The van der Waals surface area contributed by atoms with Gasteiger partial charge in [0.1, 0.15) is 0 Å². The van der Waals surface area contributed by atoms with Gasteiger partial charge in [-0.15, -0.1) is 0 Å². The van der Waals surface area contributed by atoms with Crippen molar-refractivity contribution in [3.8, 4) is 0 Å². The molecule has 0 atom stereocenters.